The van der Waals surface area contributed by atoms with Crippen LogP contribution in [-0.2, 0) is 13.2 Å². The van der Waals surface area contributed by atoms with Gasteiger partial charge in [-0.3, -0.25) is 0 Å². The van der Waals surface area contributed by atoms with Crippen molar-refractivity contribution in [1.82, 2.24) is 5.32 Å². The molecule has 0 aliphatic rings. The largest absolute Gasteiger partial charge is 0.493 e. The molecule has 0 radical (unpaired) electrons. The van der Waals surface area contributed by atoms with E-state index in [1.165, 1.54) is 5.56 Å². The Morgan fingerprint density at radius 1 is 0.862 bits per heavy atom. The van der Waals surface area contributed by atoms with Gasteiger partial charge in [-0.1, -0.05) is 71.2 Å². The standard InChI is InChI=1S/C23H22Cl3NO2/c1-15(18-6-4-3-5-7-18)27-13-17-11-21(26)23(22(12-17)28-2)29-14-16-8-9-19(24)20(25)10-16/h3-12,15,27H,13-14H2,1-2H3/t15-/m0/s1. The average molecular weight is 451 g/mol. The molecule has 0 saturated heterocycles. The minimum atomic E-state index is 0.214. The van der Waals surface area contributed by atoms with E-state index in [9.17, 15) is 0 Å². The van der Waals surface area contributed by atoms with Gasteiger partial charge in [0.25, 0.3) is 0 Å². The molecule has 3 aromatic carbocycles. The molecule has 0 spiro atoms. The van der Waals surface area contributed by atoms with Crippen molar-refractivity contribution in [3.63, 3.8) is 0 Å². The molecular weight excluding hydrogens is 429 g/mol. The minimum absolute atomic E-state index is 0.214. The molecule has 3 nitrogen and oxygen atoms in total. The highest BCUT2D eigenvalue weighted by atomic mass is 35.5. The molecule has 1 atom stereocenters. The fourth-order valence-electron chi connectivity index (χ4n) is 2.93. The van der Waals surface area contributed by atoms with Gasteiger partial charge in [0.05, 0.1) is 22.2 Å². The number of methoxy groups -OCH3 is 1. The first-order valence-electron chi connectivity index (χ1n) is 9.19. The zero-order valence-corrected chi connectivity index (χ0v) is 18.5. The fourth-order valence-corrected chi connectivity index (χ4v) is 3.54. The van der Waals surface area contributed by atoms with Gasteiger partial charge >= 0.3 is 0 Å². The van der Waals surface area contributed by atoms with Gasteiger partial charge in [-0.15, -0.1) is 0 Å². The smallest absolute Gasteiger partial charge is 0.180 e. The summed E-state index contributed by atoms with van der Waals surface area (Å²) in [4.78, 5) is 0. The summed E-state index contributed by atoms with van der Waals surface area (Å²) < 4.78 is 11.4. The lowest BCUT2D eigenvalue weighted by molar-refractivity contribution is 0.284. The molecule has 0 aromatic heterocycles. The Labute approximate surface area is 186 Å². The second-order valence-corrected chi connectivity index (χ2v) is 7.88. The summed E-state index contributed by atoms with van der Waals surface area (Å²) in [5.74, 6) is 1.09. The van der Waals surface area contributed by atoms with Gasteiger partial charge < -0.3 is 14.8 Å². The van der Waals surface area contributed by atoms with E-state index in [2.05, 4.69) is 24.4 Å². The maximum absolute atomic E-state index is 6.49. The molecule has 0 aliphatic carbocycles. The number of nitrogens with one attached hydrogen (secondary N) is 1. The third-order valence-corrected chi connectivity index (χ3v) is 5.59. The molecule has 3 rings (SSSR count). The van der Waals surface area contributed by atoms with Gasteiger partial charge in [0.2, 0.25) is 0 Å². The Morgan fingerprint density at radius 2 is 1.59 bits per heavy atom. The third-order valence-electron chi connectivity index (χ3n) is 4.57. The lowest BCUT2D eigenvalue weighted by Crippen LogP contribution is -2.18. The first-order chi connectivity index (χ1) is 14.0. The van der Waals surface area contributed by atoms with Gasteiger partial charge in [0, 0.05) is 12.6 Å². The first-order valence-corrected chi connectivity index (χ1v) is 10.3. The van der Waals surface area contributed by atoms with E-state index in [0.717, 1.165) is 11.1 Å². The Kier molecular flexibility index (Phi) is 7.68. The van der Waals surface area contributed by atoms with Crippen LogP contribution in [0.5, 0.6) is 11.5 Å². The van der Waals surface area contributed by atoms with Crippen LogP contribution in [0.3, 0.4) is 0 Å². The molecule has 152 valence electrons. The highest BCUT2D eigenvalue weighted by Gasteiger charge is 2.14. The Hall–Kier alpha value is -1.91. The molecule has 0 unspecified atom stereocenters. The summed E-state index contributed by atoms with van der Waals surface area (Å²) in [6.07, 6.45) is 0. The summed E-state index contributed by atoms with van der Waals surface area (Å²) in [5, 5.41) is 4.99. The van der Waals surface area contributed by atoms with Crippen LogP contribution in [0.1, 0.15) is 29.7 Å². The summed E-state index contributed by atoms with van der Waals surface area (Å²) in [6.45, 7) is 3.08. The summed E-state index contributed by atoms with van der Waals surface area (Å²) >= 11 is 18.5. The summed E-state index contributed by atoms with van der Waals surface area (Å²) in [7, 11) is 1.60. The van der Waals surface area contributed by atoms with Crippen LogP contribution in [0.2, 0.25) is 15.1 Å². The van der Waals surface area contributed by atoms with Crippen LogP contribution < -0.4 is 14.8 Å². The van der Waals surface area contributed by atoms with Crippen molar-refractivity contribution in [1.29, 1.82) is 0 Å². The number of hydrogen-bond donors (Lipinski definition) is 1. The molecule has 6 heteroatoms. The summed E-state index contributed by atoms with van der Waals surface area (Å²) in [6, 6.07) is 19.7. The molecule has 0 bridgehead atoms. The van der Waals surface area contributed by atoms with Crippen molar-refractivity contribution in [2.75, 3.05) is 7.11 Å². The fraction of sp³-hybridized carbons (Fsp3) is 0.217. The number of halogens is 3. The summed E-state index contributed by atoms with van der Waals surface area (Å²) in [5.41, 5.74) is 3.13. The Morgan fingerprint density at radius 3 is 2.28 bits per heavy atom. The second-order valence-electron chi connectivity index (χ2n) is 6.66. The monoisotopic (exact) mass is 449 g/mol. The molecule has 1 N–H and O–H groups in total. The van der Waals surface area contributed by atoms with Crippen LogP contribution in [0, 0.1) is 0 Å². The van der Waals surface area contributed by atoms with Gasteiger partial charge in [-0.25, -0.2) is 0 Å². The molecular formula is C23H22Cl3NO2. The number of benzene rings is 3. The highest BCUT2D eigenvalue weighted by Crippen LogP contribution is 2.37. The van der Waals surface area contributed by atoms with Crippen molar-refractivity contribution in [2.24, 2.45) is 0 Å². The van der Waals surface area contributed by atoms with Crippen molar-refractivity contribution in [3.05, 3.63) is 92.4 Å². The van der Waals surface area contributed by atoms with E-state index in [-0.39, 0.29) is 6.04 Å². The maximum Gasteiger partial charge on any atom is 0.180 e. The van der Waals surface area contributed by atoms with Gasteiger partial charge in [-0.2, -0.15) is 0 Å². The Balaban J connectivity index is 1.69. The van der Waals surface area contributed by atoms with Crippen LogP contribution in [-0.4, -0.2) is 7.11 Å². The van der Waals surface area contributed by atoms with Crippen LogP contribution >= 0.6 is 34.8 Å². The molecule has 0 amide bonds. The average Bonchev–Trinajstić information content (AvgIpc) is 2.73. The van der Waals surface area contributed by atoms with E-state index in [4.69, 9.17) is 44.3 Å². The van der Waals surface area contributed by atoms with Gasteiger partial charge in [0.15, 0.2) is 11.5 Å². The molecule has 3 aromatic rings. The molecule has 0 saturated carbocycles. The van der Waals surface area contributed by atoms with E-state index in [1.807, 2.05) is 36.4 Å². The molecule has 0 aliphatic heterocycles. The van der Waals surface area contributed by atoms with Crippen LogP contribution in [0.4, 0.5) is 0 Å². The predicted molar refractivity (Wildman–Crippen MR) is 120 cm³/mol. The van der Waals surface area contributed by atoms with E-state index >= 15 is 0 Å². The van der Waals surface area contributed by atoms with Crippen molar-refractivity contribution in [2.45, 2.75) is 26.1 Å². The van der Waals surface area contributed by atoms with Crippen molar-refractivity contribution < 1.29 is 9.47 Å². The van der Waals surface area contributed by atoms with Crippen LogP contribution in [0.25, 0.3) is 0 Å². The van der Waals surface area contributed by atoms with Crippen molar-refractivity contribution in [3.8, 4) is 11.5 Å². The number of hydrogen-bond acceptors (Lipinski definition) is 3. The normalized spacial score (nSPS) is 11.9. The predicted octanol–water partition coefficient (Wildman–Crippen LogP) is 7.09. The topological polar surface area (TPSA) is 30.5 Å². The zero-order chi connectivity index (χ0) is 20.8. The van der Waals surface area contributed by atoms with Gasteiger partial charge in [-0.05, 0) is 47.9 Å². The number of ether oxygens (including phenoxy) is 2. The lowest BCUT2D eigenvalue weighted by atomic mass is 10.1. The molecule has 29 heavy (non-hydrogen) atoms. The third kappa shape index (κ3) is 5.80. The molecule has 0 heterocycles. The van der Waals surface area contributed by atoms with E-state index in [1.54, 1.807) is 19.2 Å². The second kappa shape index (κ2) is 10.2. The lowest BCUT2D eigenvalue weighted by Gasteiger charge is -2.17. The number of rotatable bonds is 8. The van der Waals surface area contributed by atoms with Crippen molar-refractivity contribution >= 4 is 34.8 Å². The zero-order valence-electron chi connectivity index (χ0n) is 16.2. The van der Waals surface area contributed by atoms with Gasteiger partial charge in [0.1, 0.15) is 6.61 Å². The molecule has 0 fully saturated rings. The van der Waals surface area contributed by atoms with E-state index < -0.39 is 0 Å². The first kappa shape index (κ1) is 21.8. The maximum atomic E-state index is 6.49. The Bertz CT molecular complexity index is 964. The minimum Gasteiger partial charge on any atom is -0.493 e. The van der Waals surface area contributed by atoms with Crippen LogP contribution in [0.15, 0.2) is 60.7 Å². The van der Waals surface area contributed by atoms with E-state index in [0.29, 0.717) is 39.7 Å². The highest BCUT2D eigenvalue weighted by molar-refractivity contribution is 6.42. The SMILES string of the molecule is COc1cc(CN[C@@H](C)c2ccccc2)cc(Cl)c1OCc1ccc(Cl)c(Cl)c1. The quantitative estimate of drug-likeness (QED) is 0.397.